The molecule has 0 amide bonds. The Morgan fingerprint density at radius 3 is 2.58 bits per heavy atom. The monoisotopic (exact) mass is 263 g/mol. The van der Waals surface area contributed by atoms with Crippen LogP contribution in [0.25, 0.3) is 0 Å². The maximum atomic E-state index is 12.9. The zero-order valence-corrected chi connectivity index (χ0v) is 11.6. The second-order valence-electron chi connectivity index (χ2n) is 7.41. The van der Waals surface area contributed by atoms with Crippen molar-refractivity contribution < 1.29 is 9.53 Å². The maximum Gasteiger partial charge on any atom is 0.141 e. The van der Waals surface area contributed by atoms with Crippen molar-refractivity contribution in [3.05, 3.63) is 0 Å². The van der Waals surface area contributed by atoms with E-state index in [1.165, 1.54) is 38.5 Å². The van der Waals surface area contributed by atoms with Gasteiger partial charge in [-0.25, -0.2) is 0 Å². The first kappa shape index (κ1) is 12.3. The van der Waals surface area contributed by atoms with Crippen LogP contribution in [0.2, 0.25) is 0 Å². The molecule has 1 heterocycles. The first-order valence-corrected chi connectivity index (χ1v) is 8.12. The van der Waals surface area contributed by atoms with E-state index in [9.17, 15) is 4.79 Å². The van der Waals surface area contributed by atoms with Crippen LogP contribution in [0, 0.1) is 23.7 Å². The summed E-state index contributed by atoms with van der Waals surface area (Å²) in [7, 11) is 0. The van der Waals surface area contributed by atoms with Gasteiger partial charge < -0.3 is 10.5 Å². The molecule has 4 aliphatic rings. The van der Waals surface area contributed by atoms with Crippen molar-refractivity contribution in [2.75, 3.05) is 6.61 Å². The number of Topliss-reactive ketones (excluding diaryl/α,β-unsaturated/α-hetero) is 1. The molecule has 2 N–H and O–H groups in total. The minimum atomic E-state index is 0.0836. The lowest BCUT2D eigenvalue weighted by Crippen LogP contribution is -2.50. The van der Waals surface area contributed by atoms with Gasteiger partial charge in [0.2, 0.25) is 0 Å². The number of fused-ring (bicyclic) bond motifs is 2. The minimum absolute atomic E-state index is 0.0836. The number of carbonyl (C=O) groups is 1. The summed E-state index contributed by atoms with van der Waals surface area (Å²) in [5, 5.41) is 0. The summed E-state index contributed by atoms with van der Waals surface area (Å²) in [5.74, 6) is 2.15. The molecule has 106 valence electrons. The van der Waals surface area contributed by atoms with Gasteiger partial charge in [0, 0.05) is 24.5 Å². The predicted octanol–water partition coefficient (Wildman–Crippen LogP) is 2.28. The summed E-state index contributed by atoms with van der Waals surface area (Å²) in [6.45, 7) is 0.784. The van der Waals surface area contributed by atoms with E-state index >= 15 is 0 Å². The van der Waals surface area contributed by atoms with Gasteiger partial charge in [-0.15, -0.1) is 0 Å². The molecule has 4 fully saturated rings. The van der Waals surface area contributed by atoms with Crippen molar-refractivity contribution in [2.45, 2.75) is 63.0 Å². The largest absolute Gasteiger partial charge is 0.375 e. The fraction of sp³-hybridized carbons (Fsp3) is 0.938. The SMILES string of the molecule is NC1C2CCC(C2)C1C(=O)C1CCOC2(CCC2)C1. The maximum absolute atomic E-state index is 12.9. The van der Waals surface area contributed by atoms with Gasteiger partial charge in [-0.3, -0.25) is 4.79 Å². The first-order valence-electron chi connectivity index (χ1n) is 8.12. The van der Waals surface area contributed by atoms with Crippen molar-refractivity contribution in [3.63, 3.8) is 0 Å². The Labute approximate surface area is 115 Å². The molecule has 4 rings (SSSR count). The van der Waals surface area contributed by atoms with E-state index in [1.54, 1.807) is 0 Å². The third kappa shape index (κ3) is 1.81. The number of nitrogens with two attached hydrogens (primary N) is 1. The van der Waals surface area contributed by atoms with Gasteiger partial charge in [-0.2, -0.15) is 0 Å². The second-order valence-corrected chi connectivity index (χ2v) is 7.41. The number of rotatable bonds is 2. The molecule has 0 radical (unpaired) electrons. The highest BCUT2D eigenvalue weighted by Crippen LogP contribution is 2.51. The molecule has 5 unspecified atom stereocenters. The Morgan fingerprint density at radius 1 is 1.16 bits per heavy atom. The smallest absolute Gasteiger partial charge is 0.141 e. The highest BCUT2D eigenvalue weighted by molar-refractivity contribution is 5.85. The third-order valence-electron chi connectivity index (χ3n) is 6.47. The summed E-state index contributed by atoms with van der Waals surface area (Å²) in [4.78, 5) is 12.9. The van der Waals surface area contributed by atoms with E-state index in [-0.39, 0.29) is 23.5 Å². The molecule has 5 atom stereocenters. The average Bonchev–Trinajstić information content (AvgIpc) is 2.97. The predicted molar refractivity (Wildman–Crippen MR) is 72.6 cm³/mol. The highest BCUT2D eigenvalue weighted by Gasteiger charge is 2.52. The lowest BCUT2D eigenvalue weighted by atomic mass is 9.68. The van der Waals surface area contributed by atoms with Crippen molar-refractivity contribution >= 4 is 5.78 Å². The quantitative estimate of drug-likeness (QED) is 0.831. The van der Waals surface area contributed by atoms with Crippen LogP contribution < -0.4 is 5.73 Å². The fourth-order valence-electron chi connectivity index (χ4n) is 5.22. The molecule has 3 aliphatic carbocycles. The van der Waals surface area contributed by atoms with Crippen LogP contribution in [0.15, 0.2) is 0 Å². The van der Waals surface area contributed by atoms with Crippen molar-refractivity contribution in [1.82, 2.24) is 0 Å². The number of hydrogen-bond acceptors (Lipinski definition) is 3. The van der Waals surface area contributed by atoms with Crippen molar-refractivity contribution in [1.29, 1.82) is 0 Å². The summed E-state index contributed by atoms with van der Waals surface area (Å²) >= 11 is 0. The molecule has 1 aliphatic heterocycles. The minimum Gasteiger partial charge on any atom is -0.375 e. The molecule has 1 spiro atoms. The van der Waals surface area contributed by atoms with E-state index in [0.29, 0.717) is 17.6 Å². The van der Waals surface area contributed by atoms with Gasteiger partial charge in [0.15, 0.2) is 0 Å². The lowest BCUT2D eigenvalue weighted by Gasteiger charge is -2.47. The number of hydrogen-bond donors (Lipinski definition) is 1. The molecule has 0 aromatic carbocycles. The van der Waals surface area contributed by atoms with E-state index in [4.69, 9.17) is 10.5 Å². The summed E-state index contributed by atoms with van der Waals surface area (Å²) < 4.78 is 5.95. The fourth-order valence-corrected chi connectivity index (χ4v) is 5.22. The van der Waals surface area contributed by atoms with Crippen LogP contribution in [0.3, 0.4) is 0 Å². The van der Waals surface area contributed by atoms with E-state index < -0.39 is 0 Å². The van der Waals surface area contributed by atoms with E-state index in [1.807, 2.05) is 0 Å². The normalized spacial score (nSPS) is 47.3. The van der Waals surface area contributed by atoms with Crippen molar-refractivity contribution in [2.24, 2.45) is 29.4 Å². The van der Waals surface area contributed by atoms with Crippen molar-refractivity contribution in [3.8, 4) is 0 Å². The molecule has 0 aromatic heterocycles. The van der Waals surface area contributed by atoms with Gasteiger partial charge in [0.25, 0.3) is 0 Å². The van der Waals surface area contributed by atoms with Gasteiger partial charge in [-0.05, 0) is 63.2 Å². The zero-order valence-electron chi connectivity index (χ0n) is 11.6. The molecule has 3 saturated carbocycles. The van der Waals surface area contributed by atoms with Gasteiger partial charge in [0.05, 0.1) is 5.60 Å². The van der Waals surface area contributed by atoms with E-state index in [2.05, 4.69) is 0 Å². The van der Waals surface area contributed by atoms with Crippen LogP contribution in [-0.4, -0.2) is 24.0 Å². The van der Waals surface area contributed by atoms with Gasteiger partial charge in [-0.1, -0.05) is 0 Å². The topological polar surface area (TPSA) is 52.3 Å². The van der Waals surface area contributed by atoms with E-state index in [0.717, 1.165) is 19.4 Å². The zero-order chi connectivity index (χ0) is 13.0. The van der Waals surface area contributed by atoms with Crippen LogP contribution in [0.4, 0.5) is 0 Å². The summed E-state index contributed by atoms with van der Waals surface area (Å²) in [6.07, 6.45) is 9.23. The molecule has 19 heavy (non-hydrogen) atoms. The number of ether oxygens (including phenoxy) is 1. The summed E-state index contributed by atoms with van der Waals surface area (Å²) in [6, 6.07) is 0.159. The Bertz CT molecular complexity index is 388. The Kier molecular flexibility index (Phi) is 2.79. The van der Waals surface area contributed by atoms with Crippen LogP contribution >= 0.6 is 0 Å². The lowest BCUT2D eigenvalue weighted by molar-refractivity contribution is -0.159. The standard InChI is InChI=1S/C16H25NO2/c17-14-11-3-2-10(8-11)13(14)15(18)12-4-7-19-16(9-12)5-1-6-16/h10-14H,1-9,17H2. The molecular weight excluding hydrogens is 238 g/mol. The number of carbonyl (C=O) groups excluding carboxylic acids is 1. The third-order valence-corrected chi connectivity index (χ3v) is 6.47. The summed E-state index contributed by atoms with van der Waals surface area (Å²) in [5.41, 5.74) is 6.42. The van der Waals surface area contributed by atoms with Crippen LogP contribution in [-0.2, 0) is 9.53 Å². The van der Waals surface area contributed by atoms with Crippen LogP contribution in [0.1, 0.15) is 51.4 Å². The Balaban J connectivity index is 1.48. The molecule has 1 saturated heterocycles. The van der Waals surface area contributed by atoms with Gasteiger partial charge in [0.1, 0.15) is 5.78 Å². The molecule has 2 bridgehead atoms. The molecule has 0 aromatic rings. The molecule has 3 heteroatoms. The number of ketones is 1. The first-order chi connectivity index (χ1) is 9.19. The molecule has 3 nitrogen and oxygen atoms in total. The average molecular weight is 263 g/mol. The Hall–Kier alpha value is -0.410. The van der Waals surface area contributed by atoms with Crippen LogP contribution in [0.5, 0.6) is 0 Å². The highest BCUT2D eigenvalue weighted by atomic mass is 16.5. The van der Waals surface area contributed by atoms with Gasteiger partial charge >= 0.3 is 0 Å². The molecular formula is C16H25NO2. The Morgan fingerprint density at radius 2 is 1.95 bits per heavy atom. The second kappa shape index (κ2) is 4.29.